The summed E-state index contributed by atoms with van der Waals surface area (Å²) in [6.07, 6.45) is 1.61. The van der Waals surface area contributed by atoms with Crippen LogP contribution in [0.5, 0.6) is 0 Å². The molecule has 5 N–H and O–H groups in total. The maximum absolute atomic E-state index is 11.3. The summed E-state index contributed by atoms with van der Waals surface area (Å²) < 4.78 is 33.7. The number of hydrogen-bond acceptors (Lipinski definition) is 5. The van der Waals surface area contributed by atoms with Crippen molar-refractivity contribution >= 4 is 32.2 Å². The Balaban J connectivity index is 2.95. The maximum atomic E-state index is 11.3. The van der Waals surface area contributed by atoms with Gasteiger partial charge in [0.25, 0.3) is 0 Å². The summed E-state index contributed by atoms with van der Waals surface area (Å²) in [5.41, 5.74) is 6.28. The van der Waals surface area contributed by atoms with Crippen LogP contribution in [0.1, 0.15) is 6.92 Å². The molecule has 0 heterocycles. The van der Waals surface area contributed by atoms with E-state index < -0.39 is 20.8 Å². The van der Waals surface area contributed by atoms with E-state index in [1.807, 2.05) is 6.92 Å². The molecule has 0 aliphatic heterocycles. The zero-order valence-electron chi connectivity index (χ0n) is 10.2. The summed E-state index contributed by atoms with van der Waals surface area (Å²) in [6.45, 7) is 2.25. The molecule has 18 heavy (non-hydrogen) atoms. The van der Waals surface area contributed by atoms with Crippen molar-refractivity contribution in [2.45, 2.75) is 17.1 Å². The number of primary sulfonamides is 1. The minimum atomic E-state index is -3.84. The first-order valence-corrected chi connectivity index (χ1v) is 8.37. The van der Waals surface area contributed by atoms with Crippen LogP contribution >= 0.6 is 0 Å². The smallest absolute Gasteiger partial charge is 0.240 e. The van der Waals surface area contributed by atoms with Crippen LogP contribution < -0.4 is 16.2 Å². The highest BCUT2D eigenvalue weighted by molar-refractivity contribution is 7.89. The monoisotopic (exact) mass is 291 g/mol. The molecule has 0 aromatic heterocycles. The first-order valence-electron chi connectivity index (χ1n) is 5.21. The fourth-order valence-corrected chi connectivity index (χ4v) is 2.32. The van der Waals surface area contributed by atoms with E-state index in [4.69, 9.17) is 10.9 Å². The van der Waals surface area contributed by atoms with Gasteiger partial charge in [-0.3, -0.25) is 4.21 Å². The lowest BCUT2D eigenvalue weighted by Gasteiger charge is -2.14. The molecule has 2 unspecified atom stereocenters. The molecule has 0 saturated heterocycles. The average molecular weight is 291 g/mol. The molecule has 102 valence electrons. The summed E-state index contributed by atoms with van der Waals surface area (Å²) in [7, 11) is -4.80. The van der Waals surface area contributed by atoms with Gasteiger partial charge in [0.15, 0.2) is 0 Å². The highest BCUT2D eigenvalue weighted by Crippen LogP contribution is 2.25. The van der Waals surface area contributed by atoms with Gasteiger partial charge in [-0.05, 0) is 19.1 Å². The number of nitrogens with two attached hydrogens (primary N) is 2. The molecule has 0 bridgehead atoms. The van der Waals surface area contributed by atoms with Crippen molar-refractivity contribution in [1.82, 2.24) is 0 Å². The molecular weight excluding hydrogens is 274 g/mol. The van der Waals surface area contributed by atoms with Crippen LogP contribution in [0.3, 0.4) is 0 Å². The second kappa shape index (κ2) is 5.68. The van der Waals surface area contributed by atoms with E-state index in [2.05, 4.69) is 5.32 Å². The van der Waals surface area contributed by atoms with Crippen molar-refractivity contribution in [2.75, 3.05) is 23.9 Å². The SMILES string of the molecule is CC(CNc1cccc(S(N)(=O)=O)c1N)S(C)=O. The minimum absolute atomic E-state index is 0.0671. The lowest BCUT2D eigenvalue weighted by atomic mass is 10.2. The standard InChI is InChI=1S/C10H17N3O3S2/c1-7(17(2)14)6-13-8-4-3-5-9(10(8)11)18(12,15)16/h3-5,7,13H,6,11H2,1-2H3,(H2,12,15,16). The predicted molar refractivity (Wildman–Crippen MR) is 74.2 cm³/mol. The van der Waals surface area contributed by atoms with Crippen molar-refractivity contribution in [3.63, 3.8) is 0 Å². The first-order chi connectivity index (χ1) is 8.23. The molecule has 1 aromatic carbocycles. The topological polar surface area (TPSA) is 115 Å². The quantitative estimate of drug-likeness (QED) is 0.665. The summed E-state index contributed by atoms with van der Waals surface area (Å²) in [4.78, 5) is -0.113. The third-order valence-electron chi connectivity index (χ3n) is 2.52. The van der Waals surface area contributed by atoms with Gasteiger partial charge in [0, 0.05) is 28.9 Å². The van der Waals surface area contributed by atoms with E-state index >= 15 is 0 Å². The number of sulfonamides is 1. The summed E-state index contributed by atoms with van der Waals surface area (Å²) in [5, 5.41) is 7.95. The van der Waals surface area contributed by atoms with Gasteiger partial charge < -0.3 is 11.1 Å². The van der Waals surface area contributed by atoms with Gasteiger partial charge in [0.1, 0.15) is 4.90 Å². The van der Waals surface area contributed by atoms with Gasteiger partial charge in [-0.1, -0.05) is 6.07 Å². The van der Waals surface area contributed by atoms with Gasteiger partial charge in [-0.25, -0.2) is 13.6 Å². The Bertz CT molecular complexity index is 557. The summed E-state index contributed by atoms with van der Waals surface area (Å²) in [5.74, 6) is 0. The lowest BCUT2D eigenvalue weighted by Crippen LogP contribution is -2.22. The number of para-hydroxylation sites is 1. The minimum Gasteiger partial charge on any atom is -0.396 e. The number of anilines is 2. The van der Waals surface area contributed by atoms with Gasteiger partial charge in [-0.15, -0.1) is 0 Å². The van der Waals surface area contributed by atoms with Gasteiger partial charge >= 0.3 is 0 Å². The van der Waals surface area contributed by atoms with E-state index in [0.717, 1.165) is 0 Å². The van der Waals surface area contributed by atoms with Gasteiger partial charge in [0.2, 0.25) is 10.0 Å². The highest BCUT2D eigenvalue weighted by Gasteiger charge is 2.15. The molecule has 0 spiro atoms. The number of rotatable bonds is 5. The van der Waals surface area contributed by atoms with E-state index in [0.29, 0.717) is 12.2 Å². The predicted octanol–water partition coefficient (Wildman–Crippen LogP) is 0.0951. The fraction of sp³-hybridized carbons (Fsp3) is 0.400. The van der Waals surface area contributed by atoms with Crippen LogP contribution in [0.15, 0.2) is 23.1 Å². The summed E-state index contributed by atoms with van der Waals surface area (Å²) in [6, 6.07) is 4.54. The maximum Gasteiger partial charge on any atom is 0.240 e. The zero-order chi connectivity index (χ0) is 13.9. The molecular formula is C10H17N3O3S2. The largest absolute Gasteiger partial charge is 0.396 e. The van der Waals surface area contributed by atoms with Crippen LogP contribution in [0.4, 0.5) is 11.4 Å². The van der Waals surface area contributed by atoms with Crippen LogP contribution in [0.25, 0.3) is 0 Å². The van der Waals surface area contributed by atoms with Crippen molar-refractivity contribution in [2.24, 2.45) is 5.14 Å². The fourth-order valence-electron chi connectivity index (χ4n) is 1.32. The van der Waals surface area contributed by atoms with Crippen LogP contribution in [-0.2, 0) is 20.8 Å². The van der Waals surface area contributed by atoms with E-state index in [1.54, 1.807) is 18.4 Å². The Morgan fingerprint density at radius 2 is 2.06 bits per heavy atom. The summed E-state index contributed by atoms with van der Waals surface area (Å²) >= 11 is 0. The van der Waals surface area contributed by atoms with Crippen molar-refractivity contribution < 1.29 is 12.6 Å². The Labute approximate surface area is 109 Å². The molecule has 1 aromatic rings. The second-order valence-corrected chi connectivity index (χ2v) is 7.28. The number of benzene rings is 1. The molecule has 0 amide bonds. The number of hydrogen-bond donors (Lipinski definition) is 3. The molecule has 0 aliphatic carbocycles. The van der Waals surface area contributed by atoms with Crippen LogP contribution in [0, 0.1) is 0 Å². The Hall–Kier alpha value is -1.12. The van der Waals surface area contributed by atoms with Crippen molar-refractivity contribution in [3.8, 4) is 0 Å². The molecule has 0 radical (unpaired) electrons. The molecule has 0 saturated carbocycles. The Morgan fingerprint density at radius 3 is 2.56 bits per heavy atom. The molecule has 8 heteroatoms. The number of nitrogens with one attached hydrogen (secondary N) is 1. The Kier molecular flexibility index (Phi) is 4.71. The zero-order valence-corrected chi connectivity index (χ0v) is 11.8. The highest BCUT2D eigenvalue weighted by atomic mass is 32.2. The number of nitrogen functional groups attached to an aromatic ring is 1. The van der Waals surface area contributed by atoms with Crippen molar-refractivity contribution in [1.29, 1.82) is 0 Å². The molecule has 0 aliphatic rings. The second-order valence-electron chi connectivity index (χ2n) is 3.95. The van der Waals surface area contributed by atoms with Crippen molar-refractivity contribution in [3.05, 3.63) is 18.2 Å². The third-order valence-corrected chi connectivity index (χ3v) is 4.79. The first kappa shape index (κ1) is 14.9. The normalized spacial score (nSPS) is 15.1. The Morgan fingerprint density at radius 1 is 1.44 bits per heavy atom. The molecule has 6 nitrogen and oxygen atoms in total. The van der Waals surface area contributed by atoms with Crippen LogP contribution in [0.2, 0.25) is 0 Å². The van der Waals surface area contributed by atoms with Gasteiger partial charge in [-0.2, -0.15) is 0 Å². The van der Waals surface area contributed by atoms with Crippen LogP contribution in [-0.4, -0.2) is 30.7 Å². The van der Waals surface area contributed by atoms with E-state index in [9.17, 15) is 12.6 Å². The molecule has 1 rings (SSSR count). The average Bonchev–Trinajstić information content (AvgIpc) is 2.25. The van der Waals surface area contributed by atoms with E-state index in [-0.39, 0.29) is 15.8 Å². The van der Waals surface area contributed by atoms with Gasteiger partial charge in [0.05, 0.1) is 11.4 Å². The van der Waals surface area contributed by atoms with E-state index in [1.165, 1.54) is 6.07 Å². The lowest BCUT2D eigenvalue weighted by molar-refractivity contribution is 0.598. The third kappa shape index (κ3) is 3.69. The molecule has 0 fully saturated rings. The molecule has 2 atom stereocenters.